The minimum Gasteiger partial charge on any atom is -0.398 e. The third-order valence-electron chi connectivity index (χ3n) is 4.61. The largest absolute Gasteiger partial charge is 0.398 e. The van der Waals surface area contributed by atoms with E-state index < -0.39 is 5.91 Å². The van der Waals surface area contributed by atoms with Crippen LogP contribution in [0.1, 0.15) is 22.8 Å². The standard InChI is InChI=1S/C19H18Cl2N4O2/c1-2-9(18(24)26)7-25-8-12-11(3-4-15(22)16(12)19(25)27)10-5-13(20)17(23)14(21)6-10/h2-6H,7-8,22-23H2,1H3,(H2,24,26)/b9-2-. The van der Waals surface area contributed by atoms with Gasteiger partial charge in [0.05, 0.1) is 27.8 Å². The number of carbonyl (C=O) groups excluding carboxylic acids is 2. The van der Waals surface area contributed by atoms with Gasteiger partial charge in [0.15, 0.2) is 0 Å². The van der Waals surface area contributed by atoms with Crippen molar-refractivity contribution in [2.75, 3.05) is 18.0 Å². The van der Waals surface area contributed by atoms with Crippen LogP contribution in [0.25, 0.3) is 11.1 Å². The summed E-state index contributed by atoms with van der Waals surface area (Å²) in [4.78, 5) is 25.9. The highest BCUT2D eigenvalue weighted by atomic mass is 35.5. The molecule has 27 heavy (non-hydrogen) atoms. The molecule has 0 atom stereocenters. The van der Waals surface area contributed by atoms with E-state index in [-0.39, 0.29) is 12.5 Å². The Bertz CT molecular complexity index is 978. The minimum absolute atomic E-state index is 0.113. The third-order valence-corrected chi connectivity index (χ3v) is 5.24. The third kappa shape index (κ3) is 3.34. The van der Waals surface area contributed by atoms with Gasteiger partial charge < -0.3 is 22.1 Å². The zero-order valence-electron chi connectivity index (χ0n) is 14.6. The summed E-state index contributed by atoms with van der Waals surface area (Å²) >= 11 is 12.3. The summed E-state index contributed by atoms with van der Waals surface area (Å²) in [5.74, 6) is -0.816. The number of amides is 2. The molecule has 140 valence electrons. The highest BCUT2D eigenvalue weighted by Crippen LogP contribution is 2.39. The van der Waals surface area contributed by atoms with E-state index in [1.807, 2.05) is 6.07 Å². The number of hydrogen-bond acceptors (Lipinski definition) is 4. The number of rotatable bonds is 4. The summed E-state index contributed by atoms with van der Waals surface area (Å²) in [7, 11) is 0. The van der Waals surface area contributed by atoms with Crippen LogP contribution in [0.5, 0.6) is 0 Å². The van der Waals surface area contributed by atoms with Crippen molar-refractivity contribution in [3.8, 4) is 11.1 Å². The second-order valence-corrected chi connectivity index (χ2v) is 7.06. The van der Waals surface area contributed by atoms with Gasteiger partial charge >= 0.3 is 0 Å². The Morgan fingerprint density at radius 2 is 1.85 bits per heavy atom. The normalized spacial score (nSPS) is 13.8. The van der Waals surface area contributed by atoms with E-state index in [4.69, 9.17) is 40.4 Å². The predicted molar refractivity (Wildman–Crippen MR) is 108 cm³/mol. The Hall–Kier alpha value is -2.70. The smallest absolute Gasteiger partial charge is 0.256 e. The molecule has 1 heterocycles. The summed E-state index contributed by atoms with van der Waals surface area (Å²) < 4.78 is 0. The fraction of sp³-hybridized carbons (Fsp3) is 0.158. The van der Waals surface area contributed by atoms with Crippen LogP contribution in [0, 0.1) is 0 Å². The van der Waals surface area contributed by atoms with Crippen LogP contribution in [0.3, 0.4) is 0 Å². The first-order valence-corrected chi connectivity index (χ1v) is 8.90. The van der Waals surface area contributed by atoms with Gasteiger partial charge in [-0.25, -0.2) is 0 Å². The fourth-order valence-corrected chi connectivity index (χ4v) is 3.65. The molecule has 0 radical (unpaired) electrons. The van der Waals surface area contributed by atoms with Crippen molar-refractivity contribution in [1.82, 2.24) is 4.90 Å². The first-order valence-electron chi connectivity index (χ1n) is 8.15. The quantitative estimate of drug-likeness (QED) is 0.535. The maximum atomic E-state index is 12.9. The highest BCUT2D eigenvalue weighted by Gasteiger charge is 2.32. The Kier molecular flexibility index (Phi) is 5.04. The summed E-state index contributed by atoms with van der Waals surface area (Å²) in [6.45, 7) is 2.10. The number of nitrogens with two attached hydrogens (primary N) is 3. The molecule has 0 saturated carbocycles. The van der Waals surface area contributed by atoms with E-state index in [9.17, 15) is 9.59 Å². The van der Waals surface area contributed by atoms with E-state index in [1.54, 1.807) is 31.2 Å². The summed E-state index contributed by atoms with van der Waals surface area (Å²) in [5.41, 5.74) is 20.9. The topological polar surface area (TPSA) is 115 Å². The molecule has 0 aliphatic carbocycles. The average molecular weight is 405 g/mol. The number of hydrogen-bond donors (Lipinski definition) is 3. The number of fused-ring (bicyclic) bond motifs is 1. The molecule has 2 amide bonds. The average Bonchev–Trinajstić information content (AvgIpc) is 2.94. The number of halogens is 2. The lowest BCUT2D eigenvalue weighted by molar-refractivity contribution is -0.114. The molecule has 0 spiro atoms. The van der Waals surface area contributed by atoms with Gasteiger partial charge in [-0.2, -0.15) is 0 Å². The van der Waals surface area contributed by atoms with Crippen LogP contribution >= 0.6 is 23.2 Å². The fourth-order valence-electron chi connectivity index (χ4n) is 3.16. The molecular weight excluding hydrogens is 387 g/mol. The van der Waals surface area contributed by atoms with Gasteiger partial charge in [0.2, 0.25) is 5.91 Å². The van der Waals surface area contributed by atoms with Crippen molar-refractivity contribution in [2.45, 2.75) is 13.5 Å². The lowest BCUT2D eigenvalue weighted by Crippen LogP contribution is -2.30. The van der Waals surface area contributed by atoms with Gasteiger partial charge in [-0.05, 0) is 41.8 Å². The number of primary amides is 1. The SMILES string of the molecule is C/C=C(/CN1Cc2c(-c3cc(Cl)c(N)c(Cl)c3)ccc(N)c2C1=O)C(N)=O. The van der Waals surface area contributed by atoms with Crippen molar-refractivity contribution in [3.05, 3.63) is 57.1 Å². The number of benzene rings is 2. The van der Waals surface area contributed by atoms with E-state index >= 15 is 0 Å². The molecule has 6 N–H and O–H groups in total. The van der Waals surface area contributed by atoms with Crippen LogP contribution < -0.4 is 17.2 Å². The van der Waals surface area contributed by atoms with Gasteiger partial charge in [0.1, 0.15) is 0 Å². The summed E-state index contributed by atoms with van der Waals surface area (Å²) in [6.07, 6.45) is 1.60. The second-order valence-electron chi connectivity index (χ2n) is 6.25. The molecule has 0 saturated heterocycles. The van der Waals surface area contributed by atoms with E-state index in [1.165, 1.54) is 4.90 Å². The maximum Gasteiger partial charge on any atom is 0.256 e. The second kappa shape index (κ2) is 7.13. The predicted octanol–water partition coefficient (Wildman–Crippen LogP) is 3.21. The molecule has 0 aromatic heterocycles. The Labute approximate surface area is 166 Å². The zero-order chi connectivity index (χ0) is 19.9. The van der Waals surface area contributed by atoms with E-state index in [0.29, 0.717) is 39.1 Å². The van der Waals surface area contributed by atoms with Crippen LogP contribution in [-0.2, 0) is 11.3 Å². The van der Waals surface area contributed by atoms with Gasteiger partial charge in [-0.3, -0.25) is 9.59 Å². The van der Waals surface area contributed by atoms with E-state index in [0.717, 1.165) is 16.7 Å². The van der Waals surface area contributed by atoms with Crippen molar-refractivity contribution < 1.29 is 9.59 Å². The monoisotopic (exact) mass is 404 g/mol. The van der Waals surface area contributed by atoms with E-state index in [2.05, 4.69) is 0 Å². The van der Waals surface area contributed by atoms with Crippen LogP contribution in [0.15, 0.2) is 35.9 Å². The number of allylic oxidation sites excluding steroid dienone is 1. The zero-order valence-corrected chi connectivity index (χ0v) is 16.1. The van der Waals surface area contributed by atoms with Gasteiger partial charge in [0.25, 0.3) is 5.91 Å². The number of nitrogens with zero attached hydrogens (tertiary/aromatic N) is 1. The first-order chi connectivity index (χ1) is 12.7. The molecular formula is C19H18Cl2N4O2. The van der Waals surface area contributed by atoms with Crippen molar-refractivity contribution in [2.24, 2.45) is 5.73 Å². The van der Waals surface area contributed by atoms with Gasteiger partial charge in [0, 0.05) is 17.8 Å². The molecule has 6 nitrogen and oxygen atoms in total. The maximum absolute atomic E-state index is 12.9. The van der Waals surface area contributed by atoms with Crippen LogP contribution in [-0.4, -0.2) is 23.3 Å². The molecule has 0 bridgehead atoms. The molecule has 0 fully saturated rings. The molecule has 1 aliphatic heterocycles. The Morgan fingerprint density at radius 1 is 1.22 bits per heavy atom. The minimum atomic E-state index is -0.563. The van der Waals surface area contributed by atoms with Crippen molar-refractivity contribution in [3.63, 3.8) is 0 Å². The lowest BCUT2D eigenvalue weighted by atomic mass is 9.95. The number of anilines is 2. The van der Waals surface area contributed by atoms with Crippen molar-refractivity contribution >= 4 is 46.4 Å². The Balaban J connectivity index is 2.08. The Morgan fingerprint density at radius 3 is 2.41 bits per heavy atom. The molecule has 2 aromatic carbocycles. The van der Waals surface area contributed by atoms with Crippen molar-refractivity contribution in [1.29, 1.82) is 0 Å². The molecule has 8 heteroatoms. The van der Waals surface area contributed by atoms with Gasteiger partial charge in [-0.15, -0.1) is 0 Å². The van der Waals surface area contributed by atoms with Gasteiger partial charge in [-0.1, -0.05) is 35.3 Å². The highest BCUT2D eigenvalue weighted by molar-refractivity contribution is 6.39. The first kappa shape index (κ1) is 19.1. The molecule has 2 aromatic rings. The molecule has 1 aliphatic rings. The molecule has 3 rings (SSSR count). The molecule has 0 unspecified atom stereocenters. The number of carbonyl (C=O) groups is 2. The van der Waals surface area contributed by atoms with Crippen LogP contribution in [0.2, 0.25) is 10.0 Å². The summed E-state index contributed by atoms with van der Waals surface area (Å²) in [6, 6.07) is 6.87. The summed E-state index contributed by atoms with van der Waals surface area (Å²) in [5, 5.41) is 0.656. The lowest BCUT2D eigenvalue weighted by Gasteiger charge is -2.16. The number of nitrogen functional groups attached to an aromatic ring is 2. The van der Waals surface area contributed by atoms with Crippen LogP contribution in [0.4, 0.5) is 11.4 Å².